The number of nitrogens with zero attached hydrogens (tertiary/aromatic N) is 5. The predicted octanol–water partition coefficient (Wildman–Crippen LogP) is 4.59. The Kier molecular flexibility index (Phi) is 19.1. The number of aryl methyl sites for hydroxylation is 3. The lowest BCUT2D eigenvalue weighted by Crippen LogP contribution is -2.53. The number of piperazine rings is 1. The summed E-state index contributed by atoms with van der Waals surface area (Å²) in [7, 11) is 3.80. The molecule has 0 bridgehead atoms. The number of hydrazine groups is 1. The van der Waals surface area contributed by atoms with Crippen molar-refractivity contribution < 1.29 is 29.0 Å². The molecule has 1 aromatic rings. The van der Waals surface area contributed by atoms with E-state index >= 15 is 0 Å². The fourth-order valence-corrected chi connectivity index (χ4v) is 6.32. The largest absolute Gasteiger partial charge is 0.507 e. The van der Waals surface area contributed by atoms with E-state index < -0.39 is 6.09 Å². The third kappa shape index (κ3) is 13.0. The highest BCUT2D eigenvalue weighted by Gasteiger charge is 2.30. The second kappa shape index (κ2) is 22.7. The number of allylic oxidation sites excluding steroid dienone is 4. The Hall–Kier alpha value is -4.00. The van der Waals surface area contributed by atoms with Gasteiger partial charge in [0.2, 0.25) is 0 Å². The van der Waals surface area contributed by atoms with Crippen LogP contribution in [0, 0.1) is 20.8 Å². The highest BCUT2D eigenvalue weighted by molar-refractivity contribution is 6.00. The molecule has 1 atom stereocenters. The van der Waals surface area contributed by atoms with E-state index in [4.69, 9.17) is 14.3 Å². The number of benzene rings is 1. The SMILES string of the molecule is C=O.CC.CN=C(NN(C)C1CCN(C(=O)OCC(=O)N2CCN(C3CCOC3)CC2)CC1)C1=CCC=CC=C1.Cc1cc(C)c(O)c(C)c1. The maximum Gasteiger partial charge on any atom is 0.410 e. The minimum Gasteiger partial charge on any atom is -0.507 e. The fraction of sp³-hybridized carbons (Fsp3) is 0.579. The molecule has 3 fully saturated rings. The molecule has 2 amide bonds. The number of amides is 2. The number of aromatic hydroxyl groups is 1. The van der Waals surface area contributed by atoms with Crippen LogP contribution in [-0.4, -0.2) is 135 Å². The Morgan fingerprint density at radius 3 is 2.22 bits per heavy atom. The van der Waals surface area contributed by atoms with Gasteiger partial charge in [0.05, 0.1) is 6.61 Å². The highest BCUT2D eigenvalue weighted by atomic mass is 16.6. The van der Waals surface area contributed by atoms with Gasteiger partial charge in [0.25, 0.3) is 5.91 Å². The number of amidine groups is 1. The van der Waals surface area contributed by atoms with Crippen LogP contribution in [0.15, 0.2) is 53.1 Å². The second-order valence-electron chi connectivity index (χ2n) is 12.4. The molecular weight excluding hydrogens is 636 g/mol. The molecule has 1 aliphatic carbocycles. The van der Waals surface area contributed by atoms with E-state index in [1.165, 1.54) is 5.56 Å². The lowest BCUT2D eigenvalue weighted by molar-refractivity contribution is -0.136. The Labute approximate surface area is 299 Å². The van der Waals surface area contributed by atoms with Gasteiger partial charge in [0, 0.05) is 77.6 Å². The highest BCUT2D eigenvalue weighted by Crippen LogP contribution is 2.22. The number of ether oxygens (including phenoxy) is 2. The summed E-state index contributed by atoms with van der Waals surface area (Å²) in [6.45, 7) is 17.5. The van der Waals surface area contributed by atoms with Crippen LogP contribution in [0.3, 0.4) is 0 Å². The number of hydrogen-bond acceptors (Lipinski definition) is 9. The Bertz CT molecular complexity index is 1300. The summed E-state index contributed by atoms with van der Waals surface area (Å²) in [5.41, 5.74) is 7.59. The molecule has 0 spiro atoms. The van der Waals surface area contributed by atoms with Crippen LogP contribution in [-0.2, 0) is 19.1 Å². The van der Waals surface area contributed by atoms with Gasteiger partial charge in [-0.2, -0.15) is 0 Å². The number of likely N-dealkylation sites (tertiary alicyclic amines) is 1. The van der Waals surface area contributed by atoms with Crippen molar-refractivity contribution in [3.8, 4) is 5.75 Å². The zero-order chi connectivity index (χ0) is 37.1. The first kappa shape index (κ1) is 42.2. The molecule has 278 valence electrons. The lowest BCUT2D eigenvalue weighted by atomic mass is 10.1. The first-order valence-electron chi connectivity index (χ1n) is 17.7. The number of carbonyl (C=O) groups excluding carboxylic acids is 3. The van der Waals surface area contributed by atoms with E-state index in [1.54, 1.807) is 16.8 Å². The third-order valence-corrected chi connectivity index (χ3v) is 9.09. The molecule has 3 aliphatic heterocycles. The molecular formula is C38H60N6O6. The molecule has 3 heterocycles. The van der Waals surface area contributed by atoms with Crippen molar-refractivity contribution in [3.05, 3.63) is 64.8 Å². The number of hydrogen-bond donors (Lipinski definition) is 2. The summed E-state index contributed by atoms with van der Waals surface area (Å²) in [6.07, 6.45) is 13.5. The van der Waals surface area contributed by atoms with Crippen LogP contribution in [0.25, 0.3) is 0 Å². The minimum atomic E-state index is -0.406. The van der Waals surface area contributed by atoms with Gasteiger partial charge in [-0.1, -0.05) is 61.9 Å². The summed E-state index contributed by atoms with van der Waals surface area (Å²) >= 11 is 0. The van der Waals surface area contributed by atoms with Crippen LogP contribution in [0.5, 0.6) is 5.75 Å². The standard InChI is InChI=1S/C26H40N6O4.C9H12O.C2H6.CH2O/c1-27-25(21-7-5-3-4-6-8-21)28-29(2)22-9-12-32(13-10-22)26(34)36-20-24(33)31-16-14-30(15-17-31)23-11-18-35-19-23;1-6-4-7(2)9(10)8(3)5-6;2*1-2/h3-5,7-8,22-23H,6,9-20H2,1-2H3,(H,27,28);4-5,10H,1-3H3;1-2H3;1H2. The average molecular weight is 697 g/mol. The van der Waals surface area contributed by atoms with E-state index in [9.17, 15) is 14.7 Å². The molecule has 12 heteroatoms. The average Bonchev–Trinajstić information content (AvgIpc) is 3.56. The third-order valence-electron chi connectivity index (χ3n) is 9.09. The molecule has 1 aromatic carbocycles. The molecule has 5 rings (SSSR count). The van der Waals surface area contributed by atoms with Gasteiger partial charge in [-0.15, -0.1) is 0 Å². The van der Waals surface area contributed by atoms with Gasteiger partial charge in [0.15, 0.2) is 6.61 Å². The van der Waals surface area contributed by atoms with Gasteiger partial charge in [0.1, 0.15) is 18.4 Å². The molecule has 12 nitrogen and oxygen atoms in total. The zero-order valence-electron chi connectivity index (χ0n) is 31.3. The number of aliphatic imine (C=N–C) groups is 1. The lowest BCUT2D eigenvalue weighted by Gasteiger charge is -2.38. The number of piperidine rings is 1. The van der Waals surface area contributed by atoms with Crippen LogP contribution in [0.4, 0.5) is 4.79 Å². The quantitative estimate of drug-likeness (QED) is 0.250. The predicted molar refractivity (Wildman–Crippen MR) is 199 cm³/mol. The minimum absolute atomic E-state index is 0.118. The summed E-state index contributed by atoms with van der Waals surface area (Å²) in [5.74, 6) is 1.13. The van der Waals surface area contributed by atoms with Crippen molar-refractivity contribution >= 4 is 24.6 Å². The summed E-state index contributed by atoms with van der Waals surface area (Å²) < 4.78 is 10.9. The summed E-state index contributed by atoms with van der Waals surface area (Å²) in [6, 6.07) is 4.69. The molecule has 3 saturated heterocycles. The summed E-state index contributed by atoms with van der Waals surface area (Å²) in [4.78, 5) is 43.5. The van der Waals surface area contributed by atoms with E-state index in [0.29, 0.717) is 38.0 Å². The molecule has 1 unspecified atom stereocenters. The van der Waals surface area contributed by atoms with Crippen molar-refractivity contribution in [2.75, 3.05) is 73.2 Å². The Morgan fingerprint density at radius 2 is 1.64 bits per heavy atom. The van der Waals surface area contributed by atoms with Gasteiger partial charge in [-0.3, -0.25) is 14.7 Å². The Morgan fingerprint density at radius 1 is 1.00 bits per heavy atom. The summed E-state index contributed by atoms with van der Waals surface area (Å²) in [5, 5.41) is 11.4. The molecule has 0 aromatic heterocycles. The molecule has 0 saturated carbocycles. The fourth-order valence-electron chi connectivity index (χ4n) is 6.32. The molecule has 2 N–H and O–H groups in total. The zero-order valence-corrected chi connectivity index (χ0v) is 31.3. The van der Waals surface area contributed by atoms with Crippen LogP contribution < -0.4 is 5.43 Å². The van der Waals surface area contributed by atoms with Gasteiger partial charge in [-0.25, -0.2) is 9.80 Å². The van der Waals surface area contributed by atoms with Gasteiger partial charge >= 0.3 is 6.09 Å². The van der Waals surface area contributed by atoms with E-state index in [1.807, 2.05) is 72.7 Å². The van der Waals surface area contributed by atoms with Crippen molar-refractivity contribution in [1.82, 2.24) is 25.1 Å². The number of nitrogens with one attached hydrogen (secondary N) is 1. The van der Waals surface area contributed by atoms with Crippen molar-refractivity contribution in [3.63, 3.8) is 0 Å². The van der Waals surface area contributed by atoms with Crippen molar-refractivity contribution in [2.45, 2.75) is 72.4 Å². The van der Waals surface area contributed by atoms with Gasteiger partial charge < -0.3 is 34.6 Å². The first-order chi connectivity index (χ1) is 24.2. The van der Waals surface area contributed by atoms with Crippen LogP contribution in [0.2, 0.25) is 0 Å². The monoisotopic (exact) mass is 696 g/mol. The normalized spacial score (nSPS) is 19.6. The first-order valence-corrected chi connectivity index (χ1v) is 17.7. The topological polar surface area (TPSA) is 127 Å². The van der Waals surface area contributed by atoms with E-state index in [-0.39, 0.29) is 18.6 Å². The number of carbonyl (C=O) groups is 3. The number of phenols is 1. The van der Waals surface area contributed by atoms with Crippen LogP contribution >= 0.6 is 0 Å². The number of rotatable bonds is 6. The maximum absolute atomic E-state index is 12.6. The van der Waals surface area contributed by atoms with E-state index in [0.717, 1.165) is 74.5 Å². The number of phenolic OH excluding ortho intramolecular Hbond substituents is 1. The van der Waals surface area contributed by atoms with E-state index in [2.05, 4.69) is 38.6 Å². The van der Waals surface area contributed by atoms with Crippen molar-refractivity contribution in [1.29, 1.82) is 0 Å². The smallest absolute Gasteiger partial charge is 0.410 e. The Balaban J connectivity index is 0.000000523. The van der Waals surface area contributed by atoms with Crippen molar-refractivity contribution in [2.24, 2.45) is 4.99 Å². The maximum atomic E-state index is 12.6. The molecule has 50 heavy (non-hydrogen) atoms. The van der Waals surface area contributed by atoms with Crippen LogP contribution in [0.1, 0.15) is 56.2 Å². The molecule has 4 aliphatic rings. The van der Waals surface area contributed by atoms with Gasteiger partial charge in [-0.05, 0) is 57.6 Å². The second-order valence-corrected chi connectivity index (χ2v) is 12.4. The molecule has 0 radical (unpaired) electrons.